The highest BCUT2D eigenvalue weighted by Gasteiger charge is 2.51. The third kappa shape index (κ3) is 5.63. The number of aliphatic carboxylic acids is 1. The minimum absolute atomic E-state index is 0.0974. The van der Waals surface area contributed by atoms with E-state index in [4.69, 9.17) is 4.74 Å². The zero-order valence-electron chi connectivity index (χ0n) is 23.8. The predicted octanol–water partition coefficient (Wildman–Crippen LogP) is 4.93. The lowest BCUT2D eigenvalue weighted by molar-refractivity contribution is -0.139. The number of rotatable bonds is 10. The Morgan fingerprint density at radius 3 is 2.19 bits per heavy atom. The molecule has 8 heteroatoms. The molecule has 3 aromatic rings. The van der Waals surface area contributed by atoms with Crippen LogP contribution in [-0.4, -0.2) is 58.8 Å². The molecule has 6 rings (SSSR count). The first-order valence-electron chi connectivity index (χ1n) is 14.7. The maximum absolute atomic E-state index is 14.0. The molecule has 2 aliphatic carbocycles. The van der Waals surface area contributed by atoms with Crippen molar-refractivity contribution >= 4 is 18.0 Å². The fourth-order valence-corrected chi connectivity index (χ4v) is 6.74. The summed E-state index contributed by atoms with van der Waals surface area (Å²) in [6.45, 7) is 3.48. The van der Waals surface area contributed by atoms with Crippen LogP contribution in [0.15, 0.2) is 78.9 Å². The molecule has 3 aliphatic rings. The van der Waals surface area contributed by atoms with Crippen LogP contribution in [0.25, 0.3) is 11.1 Å². The summed E-state index contributed by atoms with van der Waals surface area (Å²) in [5.74, 6) is -1.31. The van der Waals surface area contributed by atoms with E-state index in [0.717, 1.165) is 40.7 Å². The summed E-state index contributed by atoms with van der Waals surface area (Å²) in [5.41, 5.74) is 3.50. The Morgan fingerprint density at radius 2 is 1.57 bits per heavy atom. The molecule has 2 amide bonds. The first-order valence-corrected chi connectivity index (χ1v) is 14.7. The number of carbonyl (C=O) groups is 3. The first-order chi connectivity index (χ1) is 20.3. The summed E-state index contributed by atoms with van der Waals surface area (Å²) in [6, 6.07) is 26.3. The van der Waals surface area contributed by atoms with Crippen molar-refractivity contribution in [3.05, 3.63) is 95.6 Å². The highest BCUT2D eigenvalue weighted by atomic mass is 16.5. The Labute approximate surface area is 246 Å². The summed E-state index contributed by atoms with van der Waals surface area (Å²) in [5, 5.41) is 15.6. The normalized spacial score (nSPS) is 21.2. The number of alkyl carbamates (subject to hydrolysis) is 1. The van der Waals surface area contributed by atoms with E-state index >= 15 is 0 Å². The fraction of sp³-hybridized carbons (Fsp3) is 0.382. The van der Waals surface area contributed by atoms with Crippen LogP contribution < -0.4 is 10.6 Å². The predicted molar refractivity (Wildman–Crippen MR) is 159 cm³/mol. The molecule has 1 aliphatic heterocycles. The number of carboxylic acid groups (broad SMARTS) is 1. The van der Waals surface area contributed by atoms with E-state index in [2.05, 4.69) is 39.8 Å². The second-order valence-electron chi connectivity index (χ2n) is 12.2. The summed E-state index contributed by atoms with van der Waals surface area (Å²) in [4.78, 5) is 41.3. The maximum atomic E-state index is 14.0. The lowest BCUT2D eigenvalue weighted by Crippen LogP contribution is -2.64. The number of fused-ring (bicyclic) bond motifs is 3. The van der Waals surface area contributed by atoms with Gasteiger partial charge in [0.05, 0.1) is 12.0 Å². The number of hydrogen-bond donors (Lipinski definition) is 3. The van der Waals surface area contributed by atoms with Crippen LogP contribution in [0, 0.1) is 5.92 Å². The van der Waals surface area contributed by atoms with Gasteiger partial charge in [-0.05, 0) is 59.9 Å². The van der Waals surface area contributed by atoms with E-state index in [0.29, 0.717) is 26.1 Å². The second-order valence-corrected chi connectivity index (χ2v) is 12.2. The summed E-state index contributed by atoms with van der Waals surface area (Å²) in [7, 11) is 0. The average Bonchev–Trinajstić information content (AvgIpc) is 3.70. The van der Waals surface area contributed by atoms with E-state index < -0.39 is 23.1 Å². The van der Waals surface area contributed by atoms with Gasteiger partial charge in [0.2, 0.25) is 5.91 Å². The quantitative estimate of drug-likeness (QED) is 0.321. The Morgan fingerprint density at radius 1 is 0.952 bits per heavy atom. The van der Waals surface area contributed by atoms with Crippen LogP contribution in [-0.2, 0) is 20.9 Å². The van der Waals surface area contributed by atoms with E-state index in [1.165, 1.54) is 0 Å². The van der Waals surface area contributed by atoms with E-state index in [9.17, 15) is 19.5 Å². The number of likely N-dealkylation sites (tertiary alicyclic amines) is 1. The van der Waals surface area contributed by atoms with Gasteiger partial charge in [0.25, 0.3) is 0 Å². The van der Waals surface area contributed by atoms with E-state index in [-0.39, 0.29) is 30.8 Å². The van der Waals surface area contributed by atoms with E-state index in [1.54, 1.807) is 6.92 Å². The van der Waals surface area contributed by atoms with Crippen molar-refractivity contribution in [3.8, 4) is 11.1 Å². The lowest BCUT2D eigenvalue weighted by atomic mass is 9.88. The molecule has 8 nitrogen and oxygen atoms in total. The van der Waals surface area contributed by atoms with Crippen molar-refractivity contribution in [1.29, 1.82) is 0 Å². The molecule has 2 fully saturated rings. The number of carbonyl (C=O) groups excluding carboxylic acids is 2. The largest absolute Gasteiger partial charge is 0.481 e. The number of ether oxygens (including phenoxy) is 1. The summed E-state index contributed by atoms with van der Waals surface area (Å²) in [6.07, 6.45) is 1.32. The molecule has 3 aromatic carbocycles. The monoisotopic (exact) mass is 567 g/mol. The highest BCUT2D eigenvalue weighted by Crippen LogP contribution is 2.45. The standard InChI is InChI=1S/C34H37N3O5/c1-33(19-30(38)39,24-15-16-24)35-31(40)34(17-18-37(22-34)20-23-9-3-2-4-10-23)36-32(41)42-21-29-27-13-7-5-11-25(27)26-12-6-8-14-28(26)29/h2-14,24,29H,15-22H2,1H3,(H,35,40)(H,36,41)(H,38,39). The maximum Gasteiger partial charge on any atom is 0.408 e. The Kier molecular flexibility index (Phi) is 7.49. The van der Waals surface area contributed by atoms with Gasteiger partial charge in [0, 0.05) is 25.6 Å². The number of nitrogens with zero attached hydrogens (tertiary/aromatic N) is 1. The minimum atomic E-state index is -1.24. The van der Waals surface area contributed by atoms with Gasteiger partial charge in [0.1, 0.15) is 12.1 Å². The van der Waals surface area contributed by atoms with Crippen molar-refractivity contribution in [2.24, 2.45) is 5.92 Å². The van der Waals surface area contributed by atoms with Crippen molar-refractivity contribution < 1.29 is 24.2 Å². The van der Waals surface area contributed by atoms with Crippen molar-refractivity contribution in [1.82, 2.24) is 15.5 Å². The molecule has 218 valence electrons. The van der Waals surface area contributed by atoms with Gasteiger partial charge in [0.15, 0.2) is 0 Å². The molecule has 0 aromatic heterocycles. The lowest BCUT2D eigenvalue weighted by Gasteiger charge is -2.36. The van der Waals surface area contributed by atoms with Crippen LogP contribution >= 0.6 is 0 Å². The first kappa shape index (κ1) is 28.0. The number of nitrogens with one attached hydrogen (secondary N) is 2. The van der Waals surface area contributed by atoms with Gasteiger partial charge in [-0.25, -0.2) is 4.79 Å². The third-order valence-electron chi connectivity index (χ3n) is 9.11. The molecule has 2 unspecified atom stereocenters. The van der Waals surface area contributed by atoms with Crippen LogP contribution in [0.4, 0.5) is 4.79 Å². The van der Waals surface area contributed by atoms with Crippen molar-refractivity contribution in [2.45, 2.75) is 56.1 Å². The summed E-state index contributed by atoms with van der Waals surface area (Å²) >= 11 is 0. The molecule has 3 N–H and O–H groups in total. The molecular weight excluding hydrogens is 530 g/mol. The molecule has 1 heterocycles. The van der Waals surface area contributed by atoms with Crippen molar-refractivity contribution in [2.75, 3.05) is 19.7 Å². The van der Waals surface area contributed by atoms with Gasteiger partial charge < -0.3 is 20.5 Å². The van der Waals surface area contributed by atoms with Crippen LogP contribution in [0.5, 0.6) is 0 Å². The minimum Gasteiger partial charge on any atom is -0.481 e. The Hall–Kier alpha value is -4.17. The molecule has 0 spiro atoms. The molecule has 0 bridgehead atoms. The summed E-state index contributed by atoms with van der Waals surface area (Å²) < 4.78 is 5.84. The fourth-order valence-electron chi connectivity index (χ4n) is 6.74. The zero-order valence-corrected chi connectivity index (χ0v) is 23.8. The Balaban J connectivity index is 1.20. The smallest absolute Gasteiger partial charge is 0.408 e. The number of benzene rings is 3. The topological polar surface area (TPSA) is 108 Å². The molecular formula is C34H37N3O5. The van der Waals surface area contributed by atoms with Gasteiger partial charge >= 0.3 is 12.1 Å². The molecule has 1 saturated heterocycles. The number of carboxylic acids is 1. The molecule has 42 heavy (non-hydrogen) atoms. The van der Waals surface area contributed by atoms with Gasteiger partial charge in [-0.1, -0.05) is 78.9 Å². The van der Waals surface area contributed by atoms with Gasteiger partial charge in [-0.3, -0.25) is 14.5 Å². The average molecular weight is 568 g/mol. The van der Waals surface area contributed by atoms with Gasteiger partial charge in [-0.2, -0.15) is 0 Å². The SMILES string of the molecule is CC(CC(=O)O)(NC(=O)C1(NC(=O)OCC2c3ccccc3-c3ccccc32)CCN(Cc2ccccc2)C1)C1CC1. The molecule has 0 radical (unpaired) electrons. The Bertz CT molecular complexity index is 1440. The molecule has 2 atom stereocenters. The van der Waals surface area contributed by atoms with E-state index in [1.807, 2.05) is 54.6 Å². The van der Waals surface area contributed by atoms with Gasteiger partial charge in [-0.15, -0.1) is 0 Å². The third-order valence-corrected chi connectivity index (χ3v) is 9.11. The second kappa shape index (κ2) is 11.2. The molecule has 1 saturated carbocycles. The highest BCUT2D eigenvalue weighted by molar-refractivity contribution is 5.91. The van der Waals surface area contributed by atoms with Crippen LogP contribution in [0.3, 0.4) is 0 Å². The number of hydrogen-bond acceptors (Lipinski definition) is 5. The van der Waals surface area contributed by atoms with Crippen molar-refractivity contribution in [3.63, 3.8) is 0 Å². The van der Waals surface area contributed by atoms with Crippen LogP contribution in [0.1, 0.15) is 55.2 Å². The van der Waals surface area contributed by atoms with Crippen LogP contribution in [0.2, 0.25) is 0 Å². The number of amides is 2. The zero-order chi connectivity index (χ0) is 29.3.